The molecule has 0 saturated carbocycles. The predicted molar refractivity (Wildman–Crippen MR) is 129 cm³/mol. The second-order valence-electron chi connectivity index (χ2n) is 8.52. The number of nitro benzene ring substituents is 1. The van der Waals surface area contributed by atoms with Gasteiger partial charge in [0.25, 0.3) is 5.69 Å². The van der Waals surface area contributed by atoms with Crippen LogP contribution in [0.3, 0.4) is 0 Å². The standard InChI is InChI=1S/C26H20F3N3O6/c27-26(28,29)19-3-1-2-17(12-19)15-30-10-11-31(21-9-6-18(25(35)36)14-22(21)32(37)38)23(24(30)34)13-16-4-7-20(33)8-5-16/h1-12,14,23,33H,13,15H2,(H,35,36)/t23-/m0/s1. The van der Waals surface area contributed by atoms with Crippen molar-refractivity contribution in [2.24, 2.45) is 0 Å². The number of aromatic carboxylic acids is 1. The Kier molecular flexibility index (Phi) is 7.06. The van der Waals surface area contributed by atoms with E-state index in [1.54, 1.807) is 12.1 Å². The molecule has 3 aromatic carbocycles. The van der Waals surface area contributed by atoms with Crippen LogP contribution in [0.25, 0.3) is 0 Å². The molecule has 1 atom stereocenters. The van der Waals surface area contributed by atoms with Crippen molar-refractivity contribution in [3.05, 3.63) is 111 Å². The summed E-state index contributed by atoms with van der Waals surface area (Å²) in [5, 5.41) is 30.6. The van der Waals surface area contributed by atoms with E-state index in [1.165, 1.54) is 58.6 Å². The first kappa shape index (κ1) is 26.2. The number of nitrogens with zero attached hydrogens (tertiary/aromatic N) is 3. The normalized spacial score (nSPS) is 15.6. The number of anilines is 1. The van der Waals surface area contributed by atoms with Crippen molar-refractivity contribution in [1.82, 2.24) is 4.90 Å². The molecule has 9 nitrogen and oxygen atoms in total. The van der Waals surface area contributed by atoms with Gasteiger partial charge in [-0.05, 0) is 47.5 Å². The van der Waals surface area contributed by atoms with Crippen LogP contribution >= 0.6 is 0 Å². The number of hydrogen-bond acceptors (Lipinski definition) is 6. The quantitative estimate of drug-likeness (QED) is 0.329. The Morgan fingerprint density at radius 2 is 1.71 bits per heavy atom. The Hall–Kier alpha value is -4.87. The molecule has 0 radical (unpaired) electrons. The highest BCUT2D eigenvalue weighted by Gasteiger charge is 2.36. The number of carbonyl (C=O) groups excluding carboxylic acids is 1. The molecule has 4 rings (SSSR count). The minimum Gasteiger partial charge on any atom is -0.508 e. The number of carbonyl (C=O) groups is 2. The lowest BCUT2D eigenvalue weighted by molar-refractivity contribution is -0.384. The van der Waals surface area contributed by atoms with E-state index in [1.807, 2.05) is 0 Å². The summed E-state index contributed by atoms with van der Waals surface area (Å²) in [5.74, 6) is -1.92. The summed E-state index contributed by atoms with van der Waals surface area (Å²) in [6.45, 7) is -0.181. The van der Waals surface area contributed by atoms with Gasteiger partial charge in [0, 0.05) is 24.9 Å². The Morgan fingerprint density at radius 3 is 2.34 bits per heavy atom. The fourth-order valence-corrected chi connectivity index (χ4v) is 4.12. The highest BCUT2D eigenvalue weighted by atomic mass is 19.4. The van der Waals surface area contributed by atoms with Crippen LogP contribution in [-0.2, 0) is 23.9 Å². The van der Waals surface area contributed by atoms with Crippen LogP contribution in [0.4, 0.5) is 24.5 Å². The van der Waals surface area contributed by atoms with E-state index >= 15 is 0 Å². The highest BCUT2D eigenvalue weighted by Crippen LogP contribution is 2.35. The second-order valence-corrected chi connectivity index (χ2v) is 8.52. The number of phenolic OH excluding ortho intramolecular Hbond substituents is 1. The largest absolute Gasteiger partial charge is 0.508 e. The van der Waals surface area contributed by atoms with Crippen LogP contribution in [0.5, 0.6) is 5.75 Å². The summed E-state index contributed by atoms with van der Waals surface area (Å²) in [4.78, 5) is 38.6. The van der Waals surface area contributed by atoms with Gasteiger partial charge in [0.1, 0.15) is 17.5 Å². The van der Waals surface area contributed by atoms with Crippen LogP contribution < -0.4 is 4.90 Å². The number of amides is 1. The minimum atomic E-state index is -4.56. The molecular formula is C26H20F3N3O6. The molecule has 0 bridgehead atoms. The fraction of sp³-hybridized carbons (Fsp3) is 0.154. The predicted octanol–water partition coefficient (Wildman–Crippen LogP) is 4.95. The van der Waals surface area contributed by atoms with Crippen molar-refractivity contribution >= 4 is 23.3 Å². The van der Waals surface area contributed by atoms with Crippen molar-refractivity contribution in [3.63, 3.8) is 0 Å². The van der Waals surface area contributed by atoms with Crippen molar-refractivity contribution < 1.29 is 37.9 Å². The molecule has 196 valence electrons. The highest BCUT2D eigenvalue weighted by molar-refractivity contribution is 5.92. The van der Waals surface area contributed by atoms with Crippen molar-refractivity contribution in [2.45, 2.75) is 25.2 Å². The smallest absolute Gasteiger partial charge is 0.416 e. The summed E-state index contributed by atoms with van der Waals surface area (Å²) in [6.07, 6.45) is -1.83. The van der Waals surface area contributed by atoms with Gasteiger partial charge in [0.2, 0.25) is 5.91 Å². The molecule has 1 aliphatic rings. The third kappa shape index (κ3) is 5.59. The molecule has 0 unspecified atom stereocenters. The lowest BCUT2D eigenvalue weighted by Crippen LogP contribution is -2.49. The second kappa shape index (κ2) is 10.2. The van der Waals surface area contributed by atoms with Gasteiger partial charge in [0.05, 0.1) is 22.6 Å². The number of benzene rings is 3. The fourth-order valence-electron chi connectivity index (χ4n) is 4.12. The van der Waals surface area contributed by atoms with E-state index < -0.39 is 40.3 Å². The summed E-state index contributed by atoms with van der Waals surface area (Å²) in [7, 11) is 0. The van der Waals surface area contributed by atoms with Crippen molar-refractivity contribution in [3.8, 4) is 5.75 Å². The molecule has 0 saturated heterocycles. The molecule has 3 aromatic rings. The Labute approximate surface area is 213 Å². The molecule has 1 amide bonds. The number of halogens is 3. The molecule has 1 aliphatic heterocycles. The topological polar surface area (TPSA) is 124 Å². The van der Waals surface area contributed by atoms with Gasteiger partial charge in [-0.2, -0.15) is 13.2 Å². The van der Waals surface area contributed by atoms with E-state index in [0.717, 1.165) is 18.2 Å². The van der Waals surface area contributed by atoms with Gasteiger partial charge in [-0.25, -0.2) is 4.79 Å². The van der Waals surface area contributed by atoms with Crippen molar-refractivity contribution in [1.29, 1.82) is 0 Å². The van der Waals surface area contributed by atoms with Crippen LogP contribution in [0.15, 0.2) is 79.1 Å². The van der Waals surface area contributed by atoms with E-state index in [2.05, 4.69) is 0 Å². The van der Waals surface area contributed by atoms with E-state index in [-0.39, 0.29) is 35.5 Å². The average molecular weight is 527 g/mol. The minimum absolute atomic E-state index is 0.00783. The summed E-state index contributed by atoms with van der Waals surface area (Å²) < 4.78 is 39.5. The van der Waals surface area contributed by atoms with Gasteiger partial charge >= 0.3 is 12.1 Å². The zero-order valence-corrected chi connectivity index (χ0v) is 19.5. The molecule has 0 fully saturated rings. The molecule has 12 heteroatoms. The first-order valence-electron chi connectivity index (χ1n) is 11.2. The number of hydrogen-bond donors (Lipinski definition) is 2. The van der Waals surface area contributed by atoms with Crippen molar-refractivity contribution in [2.75, 3.05) is 4.90 Å². The number of carboxylic acid groups (broad SMARTS) is 1. The number of aromatic hydroxyl groups is 1. The molecule has 2 N–H and O–H groups in total. The molecular weight excluding hydrogens is 507 g/mol. The molecule has 0 spiro atoms. The zero-order valence-electron chi connectivity index (χ0n) is 19.5. The number of carboxylic acids is 1. The lowest BCUT2D eigenvalue weighted by atomic mass is 10.00. The van der Waals surface area contributed by atoms with Crippen LogP contribution in [0.2, 0.25) is 0 Å². The van der Waals surface area contributed by atoms with Gasteiger partial charge in [0.15, 0.2) is 0 Å². The monoisotopic (exact) mass is 527 g/mol. The molecule has 1 heterocycles. The number of phenols is 1. The van der Waals surface area contributed by atoms with Gasteiger partial charge in [-0.3, -0.25) is 14.9 Å². The maximum Gasteiger partial charge on any atom is 0.416 e. The van der Waals surface area contributed by atoms with Gasteiger partial charge in [-0.1, -0.05) is 24.3 Å². The maximum absolute atomic E-state index is 13.6. The molecule has 0 aromatic heterocycles. The maximum atomic E-state index is 13.6. The third-order valence-electron chi connectivity index (χ3n) is 5.98. The number of nitro groups is 1. The third-order valence-corrected chi connectivity index (χ3v) is 5.98. The van der Waals surface area contributed by atoms with E-state index in [0.29, 0.717) is 5.56 Å². The van der Waals surface area contributed by atoms with Crippen LogP contribution in [0, 0.1) is 10.1 Å². The Bertz CT molecular complexity index is 1420. The Morgan fingerprint density at radius 1 is 1.00 bits per heavy atom. The molecule has 38 heavy (non-hydrogen) atoms. The van der Waals surface area contributed by atoms with Crippen LogP contribution in [0.1, 0.15) is 27.0 Å². The SMILES string of the molecule is O=C(O)c1ccc(N2C=CN(Cc3cccc(C(F)(F)F)c3)C(=O)[C@@H]2Cc2ccc(O)cc2)c([N+](=O)[O-])c1. The first-order chi connectivity index (χ1) is 17.9. The van der Waals surface area contributed by atoms with Gasteiger partial charge in [-0.15, -0.1) is 0 Å². The zero-order chi connectivity index (χ0) is 27.6. The first-order valence-corrected chi connectivity index (χ1v) is 11.2. The summed E-state index contributed by atoms with van der Waals surface area (Å²) in [5.41, 5.74) is -0.915. The number of alkyl halides is 3. The van der Waals surface area contributed by atoms with Crippen LogP contribution in [-0.4, -0.2) is 38.0 Å². The van der Waals surface area contributed by atoms with E-state index in [9.17, 15) is 43.1 Å². The average Bonchev–Trinajstić information content (AvgIpc) is 2.87. The van der Waals surface area contributed by atoms with E-state index in [4.69, 9.17) is 0 Å². The summed E-state index contributed by atoms with van der Waals surface area (Å²) in [6, 6.07) is 12.7. The van der Waals surface area contributed by atoms with Gasteiger partial charge < -0.3 is 20.0 Å². The Balaban J connectivity index is 1.74. The molecule has 0 aliphatic carbocycles. The summed E-state index contributed by atoms with van der Waals surface area (Å²) >= 11 is 0. The number of rotatable bonds is 7. The lowest BCUT2D eigenvalue weighted by Gasteiger charge is -2.37.